The average Bonchev–Trinajstić information content (AvgIpc) is 3.65. The van der Waals surface area contributed by atoms with Crippen LogP contribution in [0.1, 0.15) is 29.1 Å². The van der Waals surface area contributed by atoms with Gasteiger partial charge < -0.3 is 10.3 Å². The average molecular weight is 512 g/mol. The molecule has 8 nitrogen and oxygen atoms in total. The van der Waals surface area contributed by atoms with Crippen molar-refractivity contribution in [2.24, 2.45) is 0 Å². The number of aromatic amines is 2. The van der Waals surface area contributed by atoms with Gasteiger partial charge in [-0.2, -0.15) is 5.10 Å². The number of halogens is 1. The quantitative estimate of drug-likeness (QED) is 0.236. The fraction of sp³-hybridized carbons (Fsp3) is 0.148. The second-order valence-corrected chi connectivity index (χ2v) is 9.76. The van der Waals surface area contributed by atoms with Crippen molar-refractivity contribution in [3.05, 3.63) is 71.2 Å². The van der Waals surface area contributed by atoms with Crippen molar-refractivity contribution < 1.29 is 9.18 Å². The fourth-order valence-electron chi connectivity index (χ4n) is 4.34. The number of H-pyrrole nitrogens is 2. The van der Waals surface area contributed by atoms with E-state index in [4.69, 9.17) is 0 Å². The molecule has 5 aromatic heterocycles. The molecular formula is C27H22FN7OS. The molecule has 0 aliphatic rings. The number of Topliss-reactive ketones (excluding diaryl/α,β-unsaturated/α-hetero) is 1. The summed E-state index contributed by atoms with van der Waals surface area (Å²) in [4.78, 5) is 30.2. The number of imidazole rings is 1. The molecule has 1 aromatic carbocycles. The zero-order chi connectivity index (χ0) is 25.5. The molecule has 0 radical (unpaired) electrons. The second kappa shape index (κ2) is 9.30. The lowest BCUT2D eigenvalue weighted by Crippen LogP contribution is -2.11. The largest absolute Gasteiger partial charge is 0.335 e. The molecule has 10 heteroatoms. The molecule has 0 bridgehead atoms. The predicted octanol–water partition coefficient (Wildman–Crippen LogP) is 5.74. The van der Waals surface area contributed by atoms with Crippen molar-refractivity contribution in [2.75, 3.05) is 6.54 Å². The number of thiophene rings is 1. The number of fused-ring (bicyclic) bond motifs is 2. The minimum Gasteiger partial charge on any atom is -0.335 e. The van der Waals surface area contributed by atoms with Crippen LogP contribution in [0.2, 0.25) is 0 Å². The molecule has 3 N–H and O–H groups in total. The van der Waals surface area contributed by atoms with Gasteiger partial charge in [0.15, 0.2) is 23.1 Å². The van der Waals surface area contributed by atoms with Crippen molar-refractivity contribution in [1.82, 2.24) is 35.5 Å². The van der Waals surface area contributed by atoms with E-state index < -0.39 is 5.82 Å². The van der Waals surface area contributed by atoms with Gasteiger partial charge in [-0.15, -0.1) is 11.3 Å². The van der Waals surface area contributed by atoms with Crippen LogP contribution in [0.5, 0.6) is 0 Å². The van der Waals surface area contributed by atoms with Crippen molar-refractivity contribution in [3.8, 4) is 33.1 Å². The molecule has 5 heterocycles. The Kier molecular flexibility index (Phi) is 5.82. The van der Waals surface area contributed by atoms with Crippen molar-refractivity contribution in [3.63, 3.8) is 0 Å². The summed E-state index contributed by atoms with van der Waals surface area (Å²) in [5, 5.41) is 11.1. The molecule has 0 unspecified atom stereocenters. The van der Waals surface area contributed by atoms with Gasteiger partial charge in [-0.25, -0.2) is 14.4 Å². The van der Waals surface area contributed by atoms with Crippen LogP contribution in [0.3, 0.4) is 0 Å². The smallest absolute Gasteiger partial charge is 0.178 e. The normalized spacial score (nSPS) is 11.5. The first kappa shape index (κ1) is 23.1. The minimum atomic E-state index is -0.433. The number of rotatable bonds is 7. The molecule has 37 heavy (non-hydrogen) atoms. The zero-order valence-corrected chi connectivity index (χ0v) is 20.9. The highest BCUT2D eigenvalue weighted by molar-refractivity contribution is 7.17. The van der Waals surface area contributed by atoms with E-state index in [0.717, 1.165) is 33.6 Å². The molecule has 0 atom stereocenters. The van der Waals surface area contributed by atoms with Crippen LogP contribution in [-0.4, -0.2) is 42.5 Å². The fourth-order valence-corrected chi connectivity index (χ4v) is 5.27. The number of hydrogen-bond donors (Lipinski definition) is 3. The van der Waals surface area contributed by atoms with Crippen LogP contribution < -0.4 is 5.32 Å². The number of pyridine rings is 2. The van der Waals surface area contributed by atoms with E-state index in [1.165, 1.54) is 17.4 Å². The monoisotopic (exact) mass is 511 g/mol. The Bertz CT molecular complexity index is 1780. The topological polar surface area (TPSA) is 112 Å². The van der Waals surface area contributed by atoms with Gasteiger partial charge in [-0.3, -0.25) is 14.9 Å². The number of carbonyl (C=O) groups excluding carboxylic acids is 1. The second-order valence-electron chi connectivity index (χ2n) is 8.68. The lowest BCUT2D eigenvalue weighted by atomic mass is 10.0. The van der Waals surface area contributed by atoms with E-state index in [-0.39, 0.29) is 11.3 Å². The zero-order valence-electron chi connectivity index (χ0n) is 20.1. The SMILES string of the molecule is CCNCc1cncc(-c2cc(F)c3n[nH]c(-c4nc5nccc(-c6ccc(C(C)=O)s6)c5[nH]4)c3c2)c1. The maximum Gasteiger partial charge on any atom is 0.178 e. The summed E-state index contributed by atoms with van der Waals surface area (Å²) in [5.74, 6) is 0.0877. The van der Waals surface area contributed by atoms with Gasteiger partial charge in [-0.1, -0.05) is 6.92 Å². The van der Waals surface area contributed by atoms with E-state index >= 15 is 4.39 Å². The van der Waals surface area contributed by atoms with E-state index in [1.807, 2.05) is 37.3 Å². The summed E-state index contributed by atoms with van der Waals surface area (Å²) in [5.41, 5.74) is 5.46. The maximum absolute atomic E-state index is 15.1. The molecule has 6 aromatic rings. The Balaban J connectivity index is 1.45. The maximum atomic E-state index is 15.1. The van der Waals surface area contributed by atoms with E-state index in [1.54, 1.807) is 25.5 Å². The van der Waals surface area contributed by atoms with Gasteiger partial charge in [-0.05, 0) is 61.0 Å². The number of carbonyl (C=O) groups is 1. The van der Waals surface area contributed by atoms with Crippen LogP contribution in [0.25, 0.3) is 55.2 Å². The summed E-state index contributed by atoms with van der Waals surface area (Å²) in [6.45, 7) is 5.13. The third-order valence-corrected chi connectivity index (χ3v) is 7.39. The van der Waals surface area contributed by atoms with Crippen LogP contribution in [-0.2, 0) is 6.54 Å². The molecular weight excluding hydrogens is 489 g/mol. The Morgan fingerprint density at radius 3 is 2.84 bits per heavy atom. The lowest BCUT2D eigenvalue weighted by molar-refractivity contribution is 0.102. The highest BCUT2D eigenvalue weighted by Crippen LogP contribution is 2.35. The standard InChI is InChI=1S/C27H22FN7OS/c1-3-29-11-15-8-17(13-30-12-15)16-9-19-23(20(28)10-16)34-35-25(19)27-32-24-18(6-7-31-26(24)33-27)22-5-4-21(37-22)14(2)36/h4-10,12-13,29H,3,11H2,1-2H3,(H,34,35)(H,31,32,33). The molecule has 0 saturated heterocycles. The van der Waals surface area contributed by atoms with Crippen LogP contribution >= 0.6 is 11.3 Å². The number of nitrogens with zero attached hydrogens (tertiary/aromatic N) is 4. The van der Waals surface area contributed by atoms with Gasteiger partial charge >= 0.3 is 0 Å². The molecule has 184 valence electrons. The van der Waals surface area contributed by atoms with Crippen molar-refractivity contribution in [2.45, 2.75) is 20.4 Å². The first-order chi connectivity index (χ1) is 18.0. The molecule has 0 amide bonds. The Morgan fingerprint density at radius 2 is 2.03 bits per heavy atom. The molecule has 6 rings (SSSR count). The van der Waals surface area contributed by atoms with E-state index in [9.17, 15) is 4.79 Å². The Hall–Kier alpha value is -4.28. The number of hydrogen-bond acceptors (Lipinski definition) is 7. The first-order valence-corrected chi connectivity index (χ1v) is 12.6. The minimum absolute atomic E-state index is 0.0240. The van der Waals surface area contributed by atoms with E-state index in [0.29, 0.717) is 39.5 Å². The van der Waals surface area contributed by atoms with Gasteiger partial charge in [0.25, 0.3) is 0 Å². The highest BCUT2D eigenvalue weighted by Gasteiger charge is 2.19. The summed E-state index contributed by atoms with van der Waals surface area (Å²) in [6.07, 6.45) is 5.21. The van der Waals surface area contributed by atoms with Crippen molar-refractivity contribution >= 4 is 39.2 Å². The summed E-state index contributed by atoms with van der Waals surface area (Å²) in [6, 6.07) is 11.0. The van der Waals surface area contributed by atoms with Crippen LogP contribution in [0.4, 0.5) is 4.39 Å². The third-order valence-electron chi connectivity index (χ3n) is 6.17. The highest BCUT2D eigenvalue weighted by atomic mass is 32.1. The Morgan fingerprint density at radius 1 is 1.14 bits per heavy atom. The lowest BCUT2D eigenvalue weighted by Gasteiger charge is -2.06. The van der Waals surface area contributed by atoms with E-state index in [2.05, 4.69) is 35.5 Å². The summed E-state index contributed by atoms with van der Waals surface area (Å²) >= 11 is 1.42. The van der Waals surface area contributed by atoms with Gasteiger partial charge in [0.1, 0.15) is 11.2 Å². The van der Waals surface area contributed by atoms with Crippen LogP contribution in [0.15, 0.2) is 55.0 Å². The molecule has 0 saturated carbocycles. The molecule has 0 aliphatic carbocycles. The first-order valence-electron chi connectivity index (χ1n) is 11.8. The number of benzene rings is 1. The van der Waals surface area contributed by atoms with Gasteiger partial charge in [0.2, 0.25) is 0 Å². The number of ketones is 1. The number of aromatic nitrogens is 6. The molecule has 0 fully saturated rings. The van der Waals surface area contributed by atoms with Gasteiger partial charge in [0, 0.05) is 46.5 Å². The molecule has 0 aliphatic heterocycles. The number of nitrogens with one attached hydrogen (secondary N) is 3. The summed E-state index contributed by atoms with van der Waals surface area (Å²) in [7, 11) is 0. The Labute approximate surface area is 215 Å². The third kappa shape index (κ3) is 4.20. The van der Waals surface area contributed by atoms with Gasteiger partial charge in [0.05, 0.1) is 10.4 Å². The molecule has 0 spiro atoms. The van der Waals surface area contributed by atoms with Crippen molar-refractivity contribution in [1.29, 1.82) is 0 Å². The van der Waals surface area contributed by atoms with Crippen LogP contribution in [0, 0.1) is 5.82 Å². The summed E-state index contributed by atoms with van der Waals surface area (Å²) < 4.78 is 15.1. The predicted molar refractivity (Wildman–Crippen MR) is 143 cm³/mol.